The Morgan fingerprint density at radius 1 is 1.03 bits per heavy atom. The summed E-state index contributed by atoms with van der Waals surface area (Å²) < 4.78 is 24.8. The molecule has 0 saturated heterocycles. The number of benzene rings is 2. The van der Waals surface area contributed by atoms with Gasteiger partial charge in [-0.05, 0) is 54.1 Å². The Bertz CT molecular complexity index is 1290. The van der Waals surface area contributed by atoms with E-state index in [1.54, 1.807) is 62.0 Å². The minimum atomic E-state index is -0.593. The van der Waals surface area contributed by atoms with E-state index in [2.05, 4.69) is 30.6 Å². The van der Waals surface area contributed by atoms with E-state index in [0.29, 0.717) is 30.5 Å². The summed E-state index contributed by atoms with van der Waals surface area (Å²) in [5.41, 5.74) is 2.18. The lowest BCUT2D eigenvalue weighted by Gasteiger charge is -2.11. The summed E-state index contributed by atoms with van der Waals surface area (Å²) in [5.74, 6) is 0.935. The van der Waals surface area contributed by atoms with Crippen molar-refractivity contribution in [2.75, 3.05) is 31.0 Å². The van der Waals surface area contributed by atoms with E-state index in [-0.39, 0.29) is 24.0 Å². The molecule has 0 amide bonds. The van der Waals surface area contributed by atoms with Gasteiger partial charge in [0.25, 0.3) is 0 Å². The second-order valence-corrected chi connectivity index (χ2v) is 7.65. The van der Waals surface area contributed by atoms with Gasteiger partial charge in [-0.15, -0.1) is 0 Å². The first kappa shape index (κ1) is 24.6. The molecule has 0 bridgehead atoms. The summed E-state index contributed by atoms with van der Waals surface area (Å²) in [6.07, 6.45) is 7.76. The lowest BCUT2D eigenvalue weighted by Crippen LogP contribution is -2.05. The molecule has 36 heavy (non-hydrogen) atoms. The molecule has 0 aliphatic rings. The van der Waals surface area contributed by atoms with E-state index in [1.165, 1.54) is 6.08 Å². The Morgan fingerprint density at radius 3 is 2.50 bits per heavy atom. The van der Waals surface area contributed by atoms with Crippen LogP contribution in [0.15, 0.2) is 73.2 Å². The fraction of sp³-hybridized carbons (Fsp3) is 0.154. The van der Waals surface area contributed by atoms with Crippen molar-refractivity contribution in [1.82, 2.24) is 19.9 Å². The average Bonchev–Trinajstić information content (AvgIpc) is 3.41. The molecule has 3 N–H and O–H groups in total. The number of carbonyl (C=O) groups excluding carboxylic acids is 1. The highest BCUT2D eigenvalue weighted by Gasteiger charge is 2.09. The van der Waals surface area contributed by atoms with Gasteiger partial charge in [0.05, 0.1) is 12.8 Å². The highest BCUT2D eigenvalue weighted by atomic mass is 19.1. The first-order valence-corrected chi connectivity index (χ1v) is 11.2. The molecular weight excluding hydrogens is 463 g/mol. The van der Waals surface area contributed by atoms with Crippen LogP contribution in [0.1, 0.15) is 11.4 Å². The van der Waals surface area contributed by atoms with Crippen molar-refractivity contribution in [1.29, 1.82) is 0 Å². The number of nitrogens with one attached hydrogen (secondary N) is 3. The molecular formula is C26H25FN6O3. The molecule has 0 radical (unpaired) electrons. The highest BCUT2D eigenvalue weighted by Crippen LogP contribution is 2.22. The molecule has 4 aromatic rings. The van der Waals surface area contributed by atoms with Gasteiger partial charge in [0.15, 0.2) is 17.4 Å². The van der Waals surface area contributed by atoms with Crippen molar-refractivity contribution in [2.45, 2.75) is 6.42 Å². The number of aromatic amines is 1. The van der Waals surface area contributed by atoms with Gasteiger partial charge in [-0.1, -0.05) is 12.1 Å². The summed E-state index contributed by atoms with van der Waals surface area (Å²) >= 11 is 0. The Kier molecular flexibility index (Phi) is 8.34. The second-order valence-electron chi connectivity index (χ2n) is 7.65. The van der Waals surface area contributed by atoms with E-state index < -0.39 is 5.82 Å². The minimum absolute atomic E-state index is 0.0252. The van der Waals surface area contributed by atoms with Crippen molar-refractivity contribution in [2.24, 2.45) is 0 Å². The summed E-state index contributed by atoms with van der Waals surface area (Å²) in [5, 5.41) is 6.00. The number of imidazole rings is 1. The van der Waals surface area contributed by atoms with Gasteiger partial charge in [0.2, 0.25) is 5.95 Å². The maximum atomic E-state index is 14.3. The van der Waals surface area contributed by atoms with E-state index in [9.17, 15) is 9.18 Å². The standard InChI is InChI=1S/C26H25FN6O3/c1-35-14-15-36-22-9-6-20(7-10-22)32-26-30-17-23(27)25(33-26)31-19-4-2-18(3-5-19)16-21(34)8-11-24-28-12-13-29-24/h2-13,17H,14-16H2,1H3,(H,28,29)(H2,30,31,32,33). The van der Waals surface area contributed by atoms with Crippen LogP contribution in [0.5, 0.6) is 5.75 Å². The molecule has 0 fully saturated rings. The highest BCUT2D eigenvalue weighted by molar-refractivity contribution is 5.94. The topological polar surface area (TPSA) is 114 Å². The third-order valence-electron chi connectivity index (χ3n) is 4.95. The minimum Gasteiger partial charge on any atom is -0.491 e. The Labute approximate surface area is 207 Å². The van der Waals surface area contributed by atoms with Gasteiger partial charge in [0.1, 0.15) is 18.2 Å². The maximum absolute atomic E-state index is 14.3. The smallest absolute Gasteiger partial charge is 0.229 e. The number of halogens is 1. The molecule has 0 atom stereocenters. The van der Waals surface area contributed by atoms with Crippen molar-refractivity contribution >= 4 is 35.0 Å². The molecule has 2 heterocycles. The van der Waals surface area contributed by atoms with Crippen LogP contribution in [-0.4, -0.2) is 46.0 Å². The molecule has 0 unspecified atom stereocenters. The van der Waals surface area contributed by atoms with Gasteiger partial charge in [-0.2, -0.15) is 4.98 Å². The predicted octanol–water partition coefficient (Wildman–Crippen LogP) is 4.68. The van der Waals surface area contributed by atoms with Gasteiger partial charge >= 0.3 is 0 Å². The van der Waals surface area contributed by atoms with Crippen LogP contribution >= 0.6 is 0 Å². The van der Waals surface area contributed by atoms with Crippen LogP contribution in [0.2, 0.25) is 0 Å². The van der Waals surface area contributed by atoms with Gasteiger partial charge in [0, 0.05) is 37.3 Å². The number of allylic oxidation sites excluding steroid dienone is 1. The molecule has 2 aromatic carbocycles. The van der Waals surface area contributed by atoms with Gasteiger partial charge in [-0.3, -0.25) is 4.79 Å². The average molecular weight is 489 g/mol. The molecule has 0 aliphatic heterocycles. The number of hydrogen-bond acceptors (Lipinski definition) is 8. The Balaban J connectivity index is 1.34. The van der Waals surface area contributed by atoms with Crippen LogP contribution in [-0.2, 0) is 16.0 Å². The zero-order valence-corrected chi connectivity index (χ0v) is 19.6. The SMILES string of the molecule is COCCOc1ccc(Nc2ncc(F)c(Nc3ccc(CC(=O)C=Cc4ncc[nH]4)cc3)n2)cc1. The first-order chi connectivity index (χ1) is 17.6. The van der Waals surface area contributed by atoms with Crippen LogP contribution < -0.4 is 15.4 Å². The van der Waals surface area contributed by atoms with Crippen molar-refractivity contribution in [3.63, 3.8) is 0 Å². The molecule has 2 aromatic heterocycles. The normalized spacial score (nSPS) is 10.9. The Morgan fingerprint density at radius 2 is 1.78 bits per heavy atom. The van der Waals surface area contributed by atoms with Crippen molar-refractivity contribution < 1.29 is 18.7 Å². The molecule has 9 nitrogen and oxygen atoms in total. The van der Waals surface area contributed by atoms with Crippen LogP contribution in [0.4, 0.5) is 27.5 Å². The number of methoxy groups -OCH3 is 1. The number of nitrogens with zero attached hydrogens (tertiary/aromatic N) is 3. The number of ketones is 1. The number of hydrogen-bond donors (Lipinski definition) is 3. The number of ether oxygens (including phenoxy) is 2. The molecule has 4 rings (SSSR count). The fourth-order valence-electron chi connectivity index (χ4n) is 3.16. The summed E-state index contributed by atoms with van der Waals surface area (Å²) in [7, 11) is 1.61. The Hall–Kier alpha value is -4.57. The zero-order valence-electron chi connectivity index (χ0n) is 19.6. The predicted molar refractivity (Wildman–Crippen MR) is 135 cm³/mol. The number of H-pyrrole nitrogens is 1. The molecule has 0 aliphatic carbocycles. The summed E-state index contributed by atoms with van der Waals surface area (Å²) in [6, 6.07) is 14.4. The second kappa shape index (κ2) is 12.2. The van der Waals surface area contributed by atoms with E-state index in [4.69, 9.17) is 9.47 Å². The lowest BCUT2D eigenvalue weighted by atomic mass is 10.1. The van der Waals surface area contributed by atoms with E-state index in [1.807, 2.05) is 12.1 Å². The fourth-order valence-corrected chi connectivity index (χ4v) is 3.16. The molecule has 184 valence electrons. The lowest BCUT2D eigenvalue weighted by molar-refractivity contribution is -0.113. The zero-order chi connectivity index (χ0) is 25.2. The summed E-state index contributed by atoms with van der Waals surface area (Å²) in [4.78, 5) is 27.4. The first-order valence-electron chi connectivity index (χ1n) is 11.2. The third kappa shape index (κ3) is 7.21. The summed E-state index contributed by atoms with van der Waals surface area (Å²) in [6.45, 7) is 0.962. The molecule has 0 spiro atoms. The molecule has 0 saturated carbocycles. The van der Waals surface area contributed by atoms with Gasteiger partial charge in [-0.25, -0.2) is 14.4 Å². The maximum Gasteiger partial charge on any atom is 0.229 e. The third-order valence-corrected chi connectivity index (χ3v) is 4.95. The monoisotopic (exact) mass is 488 g/mol. The number of carbonyl (C=O) groups is 1. The van der Waals surface area contributed by atoms with Crippen molar-refractivity contribution in [3.8, 4) is 5.75 Å². The van der Waals surface area contributed by atoms with Crippen LogP contribution in [0.3, 0.4) is 0 Å². The number of rotatable bonds is 12. The number of aromatic nitrogens is 4. The van der Waals surface area contributed by atoms with E-state index in [0.717, 1.165) is 17.4 Å². The number of anilines is 4. The van der Waals surface area contributed by atoms with Gasteiger partial charge < -0.3 is 25.1 Å². The quantitative estimate of drug-likeness (QED) is 0.195. The van der Waals surface area contributed by atoms with E-state index >= 15 is 0 Å². The van der Waals surface area contributed by atoms with Crippen LogP contribution in [0, 0.1) is 5.82 Å². The largest absolute Gasteiger partial charge is 0.491 e. The van der Waals surface area contributed by atoms with Crippen molar-refractivity contribution in [3.05, 3.63) is 90.4 Å². The molecule has 10 heteroatoms. The van der Waals surface area contributed by atoms with Crippen LogP contribution in [0.25, 0.3) is 6.08 Å².